The lowest BCUT2D eigenvalue weighted by Gasteiger charge is -2.06. The number of methoxy groups -OCH3 is 1. The second-order valence-corrected chi connectivity index (χ2v) is 3.33. The molecule has 0 heterocycles. The summed E-state index contributed by atoms with van der Waals surface area (Å²) in [5, 5.41) is 20.6. The molecule has 0 saturated heterocycles. The van der Waals surface area contributed by atoms with Gasteiger partial charge < -0.3 is 20.3 Å². The van der Waals surface area contributed by atoms with Crippen LogP contribution < -0.4 is 5.32 Å². The summed E-state index contributed by atoms with van der Waals surface area (Å²) in [5.74, 6) is -1.88. The van der Waals surface area contributed by atoms with Gasteiger partial charge in [-0.2, -0.15) is 0 Å². The number of carboxylic acid groups (broad SMARTS) is 1. The third-order valence-corrected chi connectivity index (χ3v) is 2.05. The second-order valence-electron chi connectivity index (χ2n) is 3.33. The van der Waals surface area contributed by atoms with E-state index in [4.69, 9.17) is 9.84 Å². The van der Waals surface area contributed by atoms with E-state index in [9.17, 15) is 14.7 Å². The number of carboxylic acids is 1. The van der Waals surface area contributed by atoms with Crippen molar-refractivity contribution in [1.82, 2.24) is 0 Å². The van der Waals surface area contributed by atoms with Gasteiger partial charge in [0.05, 0.1) is 13.0 Å². The summed E-state index contributed by atoms with van der Waals surface area (Å²) in [7, 11) is 1.49. The summed E-state index contributed by atoms with van der Waals surface area (Å²) in [4.78, 5) is 21.9. The van der Waals surface area contributed by atoms with Crippen LogP contribution in [0.5, 0.6) is 5.75 Å². The minimum absolute atomic E-state index is 0.192. The lowest BCUT2D eigenvalue weighted by molar-refractivity contribution is -0.117. The smallest absolute Gasteiger partial charge is 0.339 e. The summed E-state index contributed by atoms with van der Waals surface area (Å²) < 4.78 is 4.74. The van der Waals surface area contributed by atoms with Crippen LogP contribution in [0.4, 0.5) is 5.69 Å². The van der Waals surface area contributed by atoms with Crippen molar-refractivity contribution < 1.29 is 24.5 Å². The number of aromatic carboxylic acids is 1. The summed E-state index contributed by atoms with van der Waals surface area (Å²) in [6.45, 7) is 0.297. The van der Waals surface area contributed by atoms with Crippen molar-refractivity contribution in [1.29, 1.82) is 0 Å². The molecule has 0 saturated carbocycles. The van der Waals surface area contributed by atoms with Gasteiger partial charge in [0.2, 0.25) is 5.91 Å². The van der Waals surface area contributed by atoms with E-state index in [-0.39, 0.29) is 23.6 Å². The highest BCUT2D eigenvalue weighted by molar-refractivity contribution is 5.94. The van der Waals surface area contributed by atoms with Crippen LogP contribution in [-0.2, 0) is 9.53 Å². The molecule has 6 heteroatoms. The molecule has 1 aromatic rings. The number of benzene rings is 1. The second kappa shape index (κ2) is 5.86. The maximum atomic E-state index is 11.3. The van der Waals surface area contributed by atoms with Crippen molar-refractivity contribution >= 4 is 17.6 Å². The Bertz CT molecular complexity index is 430. The molecule has 0 aliphatic rings. The average molecular weight is 239 g/mol. The largest absolute Gasteiger partial charge is 0.507 e. The monoisotopic (exact) mass is 239 g/mol. The Morgan fingerprint density at radius 1 is 1.41 bits per heavy atom. The fourth-order valence-electron chi connectivity index (χ4n) is 1.21. The molecule has 0 aliphatic carbocycles. The highest BCUT2D eigenvalue weighted by Crippen LogP contribution is 2.21. The third kappa shape index (κ3) is 3.76. The van der Waals surface area contributed by atoms with Crippen molar-refractivity contribution in [3.8, 4) is 5.75 Å². The van der Waals surface area contributed by atoms with Crippen LogP contribution in [0.15, 0.2) is 18.2 Å². The summed E-state index contributed by atoms with van der Waals surface area (Å²) in [6.07, 6.45) is 0.192. The van der Waals surface area contributed by atoms with E-state index in [0.29, 0.717) is 12.3 Å². The fourth-order valence-corrected chi connectivity index (χ4v) is 1.21. The van der Waals surface area contributed by atoms with Crippen molar-refractivity contribution in [2.45, 2.75) is 6.42 Å². The maximum Gasteiger partial charge on any atom is 0.339 e. The van der Waals surface area contributed by atoms with Crippen molar-refractivity contribution in [3.05, 3.63) is 23.8 Å². The number of anilines is 1. The molecule has 0 aromatic heterocycles. The Labute approximate surface area is 97.8 Å². The zero-order valence-electron chi connectivity index (χ0n) is 9.27. The number of amides is 1. The van der Waals surface area contributed by atoms with Crippen LogP contribution in [0.2, 0.25) is 0 Å². The summed E-state index contributed by atoms with van der Waals surface area (Å²) in [6, 6.07) is 3.83. The SMILES string of the molecule is COCCC(=O)Nc1ccc(C(=O)O)c(O)c1. The lowest BCUT2D eigenvalue weighted by atomic mass is 10.2. The molecule has 3 N–H and O–H groups in total. The third-order valence-electron chi connectivity index (χ3n) is 2.05. The average Bonchev–Trinajstić information content (AvgIpc) is 2.26. The zero-order valence-corrected chi connectivity index (χ0v) is 9.27. The number of carbonyl (C=O) groups is 2. The van der Waals surface area contributed by atoms with E-state index in [1.807, 2.05) is 0 Å². The minimum atomic E-state index is -1.22. The molecular weight excluding hydrogens is 226 g/mol. The van der Waals surface area contributed by atoms with Crippen molar-refractivity contribution in [2.75, 3.05) is 19.0 Å². The number of phenols is 1. The molecule has 0 spiro atoms. The van der Waals surface area contributed by atoms with Crippen LogP contribution in [0, 0.1) is 0 Å². The zero-order chi connectivity index (χ0) is 12.8. The van der Waals surface area contributed by atoms with E-state index in [1.165, 1.54) is 25.3 Å². The predicted molar refractivity (Wildman–Crippen MR) is 60.2 cm³/mol. The molecule has 6 nitrogen and oxygen atoms in total. The Hall–Kier alpha value is -2.08. The van der Waals surface area contributed by atoms with Crippen LogP contribution in [0.25, 0.3) is 0 Å². The van der Waals surface area contributed by atoms with Crippen molar-refractivity contribution in [3.63, 3.8) is 0 Å². The van der Waals surface area contributed by atoms with Gasteiger partial charge in [0.1, 0.15) is 11.3 Å². The molecule has 1 rings (SSSR count). The first-order valence-electron chi connectivity index (χ1n) is 4.89. The van der Waals surface area contributed by atoms with Gasteiger partial charge in [0.15, 0.2) is 0 Å². The first-order valence-corrected chi connectivity index (χ1v) is 4.89. The topological polar surface area (TPSA) is 95.9 Å². The molecule has 0 bridgehead atoms. The molecule has 0 unspecified atom stereocenters. The van der Waals surface area contributed by atoms with Crippen molar-refractivity contribution in [2.24, 2.45) is 0 Å². The molecule has 0 aliphatic heterocycles. The van der Waals surface area contributed by atoms with Crippen LogP contribution in [-0.4, -0.2) is 35.8 Å². The number of hydrogen-bond donors (Lipinski definition) is 3. The Morgan fingerprint density at radius 2 is 2.12 bits per heavy atom. The number of nitrogens with one attached hydrogen (secondary N) is 1. The highest BCUT2D eigenvalue weighted by Gasteiger charge is 2.10. The Kier molecular flexibility index (Phi) is 4.47. The summed E-state index contributed by atoms with van der Waals surface area (Å²) >= 11 is 0. The quantitative estimate of drug-likeness (QED) is 0.714. The molecule has 1 aromatic carbocycles. The van der Waals surface area contributed by atoms with E-state index in [2.05, 4.69) is 5.32 Å². The Morgan fingerprint density at radius 3 is 2.65 bits per heavy atom. The van der Waals surface area contributed by atoms with Crippen LogP contribution in [0.1, 0.15) is 16.8 Å². The van der Waals surface area contributed by atoms with Gasteiger partial charge in [-0.05, 0) is 12.1 Å². The fraction of sp³-hybridized carbons (Fsp3) is 0.273. The van der Waals surface area contributed by atoms with Gasteiger partial charge in [-0.15, -0.1) is 0 Å². The standard InChI is InChI=1S/C11H13NO5/c1-17-5-4-10(14)12-7-2-3-8(11(15)16)9(13)6-7/h2-3,6,13H,4-5H2,1H3,(H,12,14)(H,15,16). The molecular formula is C11H13NO5. The molecule has 0 atom stereocenters. The molecule has 17 heavy (non-hydrogen) atoms. The van der Waals surface area contributed by atoms with Gasteiger partial charge in [-0.25, -0.2) is 4.79 Å². The minimum Gasteiger partial charge on any atom is -0.507 e. The number of ether oxygens (including phenoxy) is 1. The maximum absolute atomic E-state index is 11.3. The highest BCUT2D eigenvalue weighted by atomic mass is 16.5. The summed E-state index contributed by atoms with van der Waals surface area (Å²) in [5.41, 5.74) is 0.133. The van der Waals surface area contributed by atoms with Gasteiger partial charge >= 0.3 is 5.97 Å². The lowest BCUT2D eigenvalue weighted by Crippen LogP contribution is -2.13. The van der Waals surface area contributed by atoms with Gasteiger partial charge in [-0.3, -0.25) is 4.79 Å². The molecule has 1 amide bonds. The predicted octanol–water partition coefficient (Wildman–Crippen LogP) is 1.07. The number of rotatable bonds is 5. The van der Waals surface area contributed by atoms with E-state index in [0.717, 1.165) is 0 Å². The number of hydrogen-bond acceptors (Lipinski definition) is 4. The first-order chi connectivity index (χ1) is 8.04. The first kappa shape index (κ1) is 13.0. The normalized spacial score (nSPS) is 9.94. The molecule has 92 valence electrons. The van der Waals surface area contributed by atoms with E-state index >= 15 is 0 Å². The number of carbonyl (C=O) groups excluding carboxylic acids is 1. The Balaban J connectivity index is 2.70. The van der Waals surface area contributed by atoms with Crippen LogP contribution in [0.3, 0.4) is 0 Å². The molecule has 0 radical (unpaired) electrons. The van der Waals surface area contributed by atoms with Gasteiger partial charge in [-0.1, -0.05) is 0 Å². The van der Waals surface area contributed by atoms with Gasteiger partial charge in [0.25, 0.3) is 0 Å². The number of aromatic hydroxyl groups is 1. The van der Waals surface area contributed by atoms with Gasteiger partial charge in [0, 0.05) is 18.9 Å². The van der Waals surface area contributed by atoms with Crippen LogP contribution >= 0.6 is 0 Å². The van der Waals surface area contributed by atoms with E-state index in [1.54, 1.807) is 0 Å². The van der Waals surface area contributed by atoms with E-state index < -0.39 is 5.97 Å². The molecule has 0 fully saturated rings.